The van der Waals surface area contributed by atoms with E-state index in [0.717, 1.165) is 73.8 Å². The largest absolute Gasteiger partial charge is 0.309 e. The lowest BCUT2D eigenvalue weighted by Crippen LogP contribution is -2.32. The summed E-state index contributed by atoms with van der Waals surface area (Å²) in [4.78, 5) is 49.9. The maximum Gasteiger partial charge on any atom is 0.238 e. The van der Waals surface area contributed by atoms with Crippen molar-refractivity contribution in [2.45, 2.75) is 83.5 Å². The van der Waals surface area contributed by atoms with Gasteiger partial charge < -0.3 is 4.57 Å². The molecular formula is C118H90N12. The fourth-order valence-corrected chi connectivity index (χ4v) is 20.6. The van der Waals surface area contributed by atoms with E-state index >= 15 is 0 Å². The summed E-state index contributed by atoms with van der Waals surface area (Å²) in [6.07, 6.45) is 0.861. The minimum atomic E-state index is -0.226. The highest BCUT2D eigenvalue weighted by molar-refractivity contribution is 6.12. The Balaban J connectivity index is 0.000000111. The smallest absolute Gasteiger partial charge is 0.238 e. The third-order valence-electron chi connectivity index (χ3n) is 27.3. The van der Waals surface area contributed by atoms with Gasteiger partial charge in [0.2, 0.25) is 11.9 Å². The van der Waals surface area contributed by atoms with E-state index in [4.69, 9.17) is 44.9 Å². The van der Waals surface area contributed by atoms with Crippen molar-refractivity contribution in [2.24, 2.45) is 0 Å². The van der Waals surface area contributed by atoms with Gasteiger partial charge in [-0.3, -0.25) is 9.80 Å². The Bertz CT molecular complexity index is 7710. The molecule has 0 unspecified atom stereocenters. The van der Waals surface area contributed by atoms with Crippen molar-refractivity contribution < 1.29 is 0 Å². The Morgan fingerprint density at radius 3 is 1.01 bits per heavy atom. The van der Waals surface area contributed by atoms with Crippen LogP contribution in [-0.4, -0.2) is 49.4 Å². The molecule has 5 aliphatic rings. The molecule has 0 N–H and O–H groups in total. The summed E-state index contributed by atoms with van der Waals surface area (Å²) < 4.78 is 2.39. The van der Waals surface area contributed by atoms with Gasteiger partial charge in [0.05, 0.1) is 33.8 Å². The highest BCUT2D eigenvalue weighted by Gasteiger charge is 2.45. The van der Waals surface area contributed by atoms with Crippen molar-refractivity contribution in [2.75, 3.05) is 9.80 Å². The normalized spacial score (nSPS) is 14.2. The maximum atomic E-state index is 5.17. The molecule has 12 heteroatoms. The number of benzene rings is 16. The van der Waals surface area contributed by atoms with Gasteiger partial charge in [-0.1, -0.05) is 377 Å². The molecular weight excluding hydrogens is 1590 g/mol. The van der Waals surface area contributed by atoms with E-state index in [0.29, 0.717) is 52.7 Å². The number of rotatable bonds is 10. The second-order valence-electron chi connectivity index (χ2n) is 36.5. The van der Waals surface area contributed by atoms with Gasteiger partial charge in [0.1, 0.15) is 0 Å². The third-order valence-corrected chi connectivity index (χ3v) is 27.3. The first-order valence-electron chi connectivity index (χ1n) is 44.7. The molecule has 0 bridgehead atoms. The molecule has 130 heavy (non-hydrogen) atoms. The zero-order valence-electron chi connectivity index (χ0n) is 73.5. The van der Waals surface area contributed by atoms with E-state index in [-0.39, 0.29) is 21.7 Å². The molecule has 16 aromatic carbocycles. The molecule has 12 nitrogen and oxygen atoms in total. The summed E-state index contributed by atoms with van der Waals surface area (Å²) in [5.41, 5.74) is 35.2. The average Bonchev–Trinajstić information content (AvgIpc) is 1.50. The topological polar surface area (TPSA) is 127 Å². The number of anilines is 6. The number of fused-ring (bicyclic) bond motifs is 16. The van der Waals surface area contributed by atoms with Gasteiger partial charge in [0.15, 0.2) is 40.8 Å². The molecule has 6 heterocycles. The van der Waals surface area contributed by atoms with Crippen molar-refractivity contribution in [1.29, 1.82) is 0 Å². The van der Waals surface area contributed by atoms with Crippen molar-refractivity contribution in [1.82, 2.24) is 49.4 Å². The van der Waals surface area contributed by atoms with Gasteiger partial charge in [0.25, 0.3) is 0 Å². The lowest BCUT2D eigenvalue weighted by Gasteiger charge is -2.41. The van der Waals surface area contributed by atoms with Gasteiger partial charge in [-0.2, -0.15) is 19.9 Å². The van der Waals surface area contributed by atoms with Gasteiger partial charge in [-0.05, 0) is 156 Å². The van der Waals surface area contributed by atoms with Crippen LogP contribution < -0.4 is 9.80 Å². The number of aromatic nitrogens is 10. The van der Waals surface area contributed by atoms with Crippen LogP contribution in [-0.2, 0) is 28.1 Å². The quantitative estimate of drug-likeness (QED) is 0.130. The first-order valence-corrected chi connectivity index (χ1v) is 44.7. The Labute approximate surface area is 756 Å². The lowest BCUT2D eigenvalue weighted by atomic mass is 9.72. The van der Waals surface area contributed by atoms with Gasteiger partial charge in [-0.25, -0.2) is 24.9 Å². The van der Waals surface area contributed by atoms with Crippen LogP contribution >= 0.6 is 0 Å². The monoisotopic (exact) mass is 1670 g/mol. The highest BCUT2D eigenvalue weighted by Crippen LogP contribution is 2.59. The van der Waals surface area contributed by atoms with E-state index in [9.17, 15) is 0 Å². The Kier molecular flexibility index (Phi) is 18.7. The molecule has 622 valence electrons. The Morgan fingerprint density at radius 2 is 0.538 bits per heavy atom. The van der Waals surface area contributed by atoms with E-state index in [2.05, 4.69) is 325 Å². The standard InChI is InChI=1S/C42H30N4.C39H32N4.C37H28N4/c1-42(2)35-22-11-9-20-31(35)33-25-34-32-21-10-12-23-37(32)46(38(34)26-36(33)42)30-19-13-18-29(24-30)41-44-39(27-14-5-3-6-15-27)43-40(45-41)28-16-7-4-8-17-28;1-38(2)29-20-12-11-19-27(29)28-23-32-34(24-31(28)38)43(33-22-14-13-21-30(33)39(32,3)4)37-41-35(25-15-7-5-8-16-25)40-36(42-37)26-17-9-6-10-18-26;1-37(2)30-19-11-10-18-28(30)29-22-27-21-26-17-9-12-20-32(26)41(33(27)23-31(29)37)36-39-34(24-13-5-3-6-14-24)38-35(40-36)25-15-7-4-8-16-25/h3-26H,1-2H3;5-24H,1-4H3;3-20,22-23H,21H2,1-2H3. The molecule has 0 amide bonds. The molecule has 0 fully saturated rings. The van der Waals surface area contributed by atoms with Crippen molar-refractivity contribution in [3.05, 3.63) is 444 Å². The SMILES string of the molecule is CC1(C)c2ccccc2-c2cc3c(cc21)N(c1nc(-c2ccccc2)nc(-c2ccccc2)n1)c1ccccc1C3.CC1(C)c2ccccc2-c2cc3c(cc21)N(c1nc(-c2ccccc2)nc(-c2ccccc2)n1)c1ccccc1C3(C)C.CC1(C)c2ccccc2-c2cc3c4ccccc4n(-c4cccc(-c5nc(-c6ccccc6)nc(-c6ccccc6)n5)c4)c3cc21. The molecule has 0 radical (unpaired) electrons. The second-order valence-corrected chi connectivity index (χ2v) is 36.5. The zero-order valence-corrected chi connectivity index (χ0v) is 73.5. The molecule has 0 spiro atoms. The first kappa shape index (κ1) is 78.7. The summed E-state index contributed by atoms with van der Waals surface area (Å²) in [7, 11) is 0. The van der Waals surface area contributed by atoms with E-state index in [1.165, 1.54) is 111 Å². The number of hydrogen-bond donors (Lipinski definition) is 0. The van der Waals surface area contributed by atoms with E-state index in [1.54, 1.807) is 0 Å². The van der Waals surface area contributed by atoms with Crippen molar-refractivity contribution in [3.8, 4) is 119 Å². The summed E-state index contributed by atoms with van der Waals surface area (Å²) in [5.74, 6) is 5.83. The Hall–Kier alpha value is -16.1. The minimum absolute atomic E-state index is 0.0875. The zero-order chi connectivity index (χ0) is 87.7. The minimum Gasteiger partial charge on any atom is -0.309 e. The summed E-state index contributed by atoms with van der Waals surface area (Å²) in [6, 6.07) is 136. The molecule has 0 atom stereocenters. The van der Waals surface area contributed by atoms with Crippen LogP contribution in [0.25, 0.3) is 141 Å². The fraction of sp³-hybridized carbons (Fsp3) is 0.110. The van der Waals surface area contributed by atoms with Gasteiger partial charge >= 0.3 is 0 Å². The van der Waals surface area contributed by atoms with Crippen LogP contribution in [0.1, 0.15) is 111 Å². The second kappa shape index (κ2) is 30.9. The van der Waals surface area contributed by atoms with Crippen LogP contribution in [0.15, 0.2) is 388 Å². The molecule has 25 rings (SSSR count). The van der Waals surface area contributed by atoms with Crippen LogP contribution in [0.4, 0.5) is 34.6 Å². The Morgan fingerprint density at radius 1 is 0.200 bits per heavy atom. The van der Waals surface area contributed by atoms with Crippen LogP contribution in [0.3, 0.4) is 0 Å². The van der Waals surface area contributed by atoms with E-state index < -0.39 is 0 Å². The van der Waals surface area contributed by atoms with Crippen molar-refractivity contribution >= 4 is 56.5 Å². The predicted molar refractivity (Wildman–Crippen MR) is 529 cm³/mol. The fourth-order valence-electron chi connectivity index (χ4n) is 20.6. The summed E-state index contributed by atoms with van der Waals surface area (Å²) >= 11 is 0. The first-order chi connectivity index (χ1) is 63.5. The van der Waals surface area contributed by atoms with E-state index in [1.807, 2.05) is 133 Å². The highest BCUT2D eigenvalue weighted by atomic mass is 15.3. The molecule has 3 aliphatic carbocycles. The molecule has 0 saturated heterocycles. The number of hydrogen-bond acceptors (Lipinski definition) is 11. The molecule has 20 aromatic rings. The predicted octanol–water partition coefficient (Wildman–Crippen LogP) is 28.8. The van der Waals surface area contributed by atoms with Crippen LogP contribution in [0.5, 0.6) is 0 Å². The molecule has 2 aliphatic heterocycles. The van der Waals surface area contributed by atoms with Crippen LogP contribution in [0, 0.1) is 0 Å². The number of para-hydroxylation sites is 3. The number of nitrogens with zero attached hydrogens (tertiary/aromatic N) is 12. The third kappa shape index (κ3) is 13.1. The average molecular weight is 1680 g/mol. The van der Waals surface area contributed by atoms with Gasteiger partial charge in [0, 0.05) is 83.5 Å². The maximum absolute atomic E-state index is 5.17. The van der Waals surface area contributed by atoms with Crippen molar-refractivity contribution in [3.63, 3.8) is 0 Å². The summed E-state index contributed by atoms with van der Waals surface area (Å²) in [5, 5.41) is 2.50. The van der Waals surface area contributed by atoms with Gasteiger partial charge in [-0.15, -0.1) is 0 Å². The van der Waals surface area contributed by atoms with Crippen LogP contribution in [0.2, 0.25) is 0 Å². The summed E-state index contributed by atoms with van der Waals surface area (Å²) in [6.45, 7) is 18.7. The molecule has 4 aromatic heterocycles. The molecule has 0 saturated carbocycles. The lowest BCUT2D eigenvalue weighted by molar-refractivity contribution is 0.626.